The monoisotopic (exact) mass is 262 g/mol. The van der Waals surface area contributed by atoms with E-state index in [1.165, 1.54) is 4.90 Å². The summed E-state index contributed by atoms with van der Waals surface area (Å²) in [5, 5.41) is 11.5. The summed E-state index contributed by atoms with van der Waals surface area (Å²) in [6, 6.07) is -1.17. The Morgan fingerprint density at radius 1 is 1.47 bits per heavy atom. The molecular weight excluding hydrogens is 248 g/mol. The number of nitrogens with one attached hydrogen (secondary N) is 1. The maximum absolute atomic E-state index is 11.6. The summed E-state index contributed by atoms with van der Waals surface area (Å²) < 4.78 is 22.7. The minimum absolute atomic E-state index is 0.0361. The van der Waals surface area contributed by atoms with E-state index < -0.39 is 21.8 Å². The number of carbonyl (C=O) groups is 2. The lowest BCUT2D eigenvalue weighted by Crippen LogP contribution is -2.59. The summed E-state index contributed by atoms with van der Waals surface area (Å²) in [5.74, 6) is -1.23. The number of sulfone groups is 1. The van der Waals surface area contributed by atoms with E-state index in [4.69, 9.17) is 5.11 Å². The Bertz CT molecular complexity index is 446. The van der Waals surface area contributed by atoms with E-state index in [9.17, 15) is 18.0 Å². The maximum Gasteiger partial charge on any atom is 0.322 e. The lowest BCUT2D eigenvalue weighted by atomic mass is 10.1. The van der Waals surface area contributed by atoms with Crippen molar-refractivity contribution in [3.63, 3.8) is 0 Å². The first-order valence-corrected chi connectivity index (χ1v) is 7.17. The van der Waals surface area contributed by atoms with Gasteiger partial charge in [0.15, 0.2) is 9.84 Å². The summed E-state index contributed by atoms with van der Waals surface area (Å²) in [4.78, 5) is 23.9. The smallest absolute Gasteiger partial charge is 0.322 e. The molecule has 2 rings (SSSR count). The second-order valence-electron chi connectivity index (χ2n) is 4.37. The first-order chi connectivity index (χ1) is 7.89. The number of hydrogen-bond acceptors (Lipinski definition) is 5. The predicted octanol–water partition coefficient (Wildman–Crippen LogP) is -1.94. The molecule has 2 saturated heterocycles. The molecule has 0 aromatic rings. The van der Waals surface area contributed by atoms with Crippen LogP contribution < -0.4 is 5.32 Å². The van der Waals surface area contributed by atoms with Gasteiger partial charge in [-0.25, -0.2) is 8.42 Å². The van der Waals surface area contributed by atoms with E-state index in [1.807, 2.05) is 0 Å². The number of piperazine rings is 1. The SMILES string of the molecule is O=C(O)C1CN(C2CCS(=O)(=O)C2)C(=O)CN1. The zero-order chi connectivity index (χ0) is 12.6. The number of amides is 1. The van der Waals surface area contributed by atoms with E-state index in [0.29, 0.717) is 6.42 Å². The molecule has 0 radical (unpaired) electrons. The summed E-state index contributed by atoms with van der Waals surface area (Å²) in [7, 11) is -3.07. The highest BCUT2D eigenvalue weighted by Gasteiger charge is 2.38. The zero-order valence-electron chi connectivity index (χ0n) is 9.13. The van der Waals surface area contributed by atoms with Crippen molar-refractivity contribution >= 4 is 21.7 Å². The Morgan fingerprint density at radius 3 is 2.71 bits per heavy atom. The highest BCUT2D eigenvalue weighted by Crippen LogP contribution is 2.19. The van der Waals surface area contributed by atoms with Crippen molar-refractivity contribution in [1.82, 2.24) is 10.2 Å². The summed E-state index contributed by atoms with van der Waals surface area (Å²) in [6.07, 6.45) is 0.403. The Hall–Kier alpha value is -1.15. The van der Waals surface area contributed by atoms with E-state index in [-0.39, 0.29) is 36.5 Å². The van der Waals surface area contributed by atoms with E-state index in [2.05, 4.69) is 5.32 Å². The topological polar surface area (TPSA) is 104 Å². The van der Waals surface area contributed by atoms with Crippen molar-refractivity contribution in [3.8, 4) is 0 Å². The third kappa shape index (κ3) is 2.58. The fraction of sp³-hybridized carbons (Fsp3) is 0.778. The van der Waals surface area contributed by atoms with Gasteiger partial charge in [0.2, 0.25) is 5.91 Å². The molecule has 7 nitrogen and oxygen atoms in total. The van der Waals surface area contributed by atoms with Gasteiger partial charge in [0.25, 0.3) is 0 Å². The normalized spacial score (nSPS) is 32.7. The molecule has 0 spiro atoms. The summed E-state index contributed by atoms with van der Waals surface area (Å²) in [5.41, 5.74) is 0. The molecule has 2 heterocycles. The van der Waals surface area contributed by atoms with Crippen LogP contribution in [0.2, 0.25) is 0 Å². The van der Waals surface area contributed by atoms with Crippen molar-refractivity contribution in [1.29, 1.82) is 0 Å². The van der Waals surface area contributed by atoms with Gasteiger partial charge in [-0.3, -0.25) is 14.9 Å². The number of nitrogens with zero attached hydrogens (tertiary/aromatic N) is 1. The van der Waals surface area contributed by atoms with Crippen LogP contribution in [0.25, 0.3) is 0 Å². The van der Waals surface area contributed by atoms with Crippen molar-refractivity contribution in [2.24, 2.45) is 0 Å². The number of rotatable bonds is 2. The minimum atomic E-state index is -3.07. The molecule has 8 heteroatoms. The highest BCUT2D eigenvalue weighted by molar-refractivity contribution is 7.91. The largest absolute Gasteiger partial charge is 0.480 e. The van der Waals surface area contributed by atoms with Crippen molar-refractivity contribution in [3.05, 3.63) is 0 Å². The van der Waals surface area contributed by atoms with Crippen LogP contribution in [0.15, 0.2) is 0 Å². The summed E-state index contributed by atoms with van der Waals surface area (Å²) >= 11 is 0. The zero-order valence-corrected chi connectivity index (χ0v) is 9.94. The molecule has 0 aromatic heterocycles. The molecule has 0 bridgehead atoms. The van der Waals surface area contributed by atoms with Gasteiger partial charge in [-0.2, -0.15) is 0 Å². The van der Waals surface area contributed by atoms with Gasteiger partial charge in [-0.1, -0.05) is 0 Å². The highest BCUT2D eigenvalue weighted by atomic mass is 32.2. The molecule has 2 aliphatic rings. The fourth-order valence-corrected chi connectivity index (χ4v) is 3.95. The van der Waals surface area contributed by atoms with Gasteiger partial charge in [-0.05, 0) is 6.42 Å². The standard InChI is InChI=1S/C9H14N2O5S/c12-8-3-10-7(9(13)14)4-11(8)6-1-2-17(15,16)5-6/h6-7,10H,1-5H2,(H,13,14). The molecule has 2 N–H and O–H groups in total. The maximum atomic E-state index is 11.6. The second-order valence-corrected chi connectivity index (χ2v) is 6.60. The molecule has 0 aromatic carbocycles. The molecule has 2 unspecified atom stereocenters. The molecule has 2 aliphatic heterocycles. The van der Waals surface area contributed by atoms with Gasteiger partial charge in [0, 0.05) is 12.6 Å². The van der Waals surface area contributed by atoms with Crippen LogP contribution in [-0.4, -0.2) is 67.0 Å². The van der Waals surface area contributed by atoms with Crippen LogP contribution in [0.1, 0.15) is 6.42 Å². The first-order valence-electron chi connectivity index (χ1n) is 5.35. The molecule has 0 aliphatic carbocycles. The van der Waals surface area contributed by atoms with Gasteiger partial charge >= 0.3 is 5.97 Å². The third-order valence-corrected chi connectivity index (χ3v) is 4.90. The van der Waals surface area contributed by atoms with E-state index >= 15 is 0 Å². The average molecular weight is 262 g/mol. The Kier molecular flexibility index (Phi) is 3.09. The van der Waals surface area contributed by atoms with Crippen molar-refractivity contribution < 1.29 is 23.1 Å². The first kappa shape index (κ1) is 12.3. The molecule has 0 saturated carbocycles. The molecule has 1 amide bonds. The lowest BCUT2D eigenvalue weighted by molar-refractivity contribution is -0.145. The number of carbonyl (C=O) groups excluding carboxylic acids is 1. The van der Waals surface area contributed by atoms with Gasteiger partial charge < -0.3 is 10.0 Å². The number of aliphatic carboxylic acids is 1. The average Bonchev–Trinajstić information content (AvgIpc) is 2.59. The van der Waals surface area contributed by atoms with E-state index in [1.54, 1.807) is 0 Å². The van der Waals surface area contributed by atoms with Crippen LogP contribution in [0.4, 0.5) is 0 Å². The molecule has 96 valence electrons. The summed E-state index contributed by atoms with van der Waals surface area (Å²) in [6.45, 7) is -0.0120. The minimum Gasteiger partial charge on any atom is -0.480 e. The molecular formula is C9H14N2O5S. The van der Waals surface area contributed by atoms with Crippen LogP contribution >= 0.6 is 0 Å². The molecule has 17 heavy (non-hydrogen) atoms. The van der Waals surface area contributed by atoms with Crippen molar-refractivity contribution in [2.75, 3.05) is 24.6 Å². The number of hydrogen-bond donors (Lipinski definition) is 2. The quantitative estimate of drug-likeness (QED) is 0.600. The van der Waals surface area contributed by atoms with Gasteiger partial charge in [0.05, 0.1) is 18.1 Å². The Morgan fingerprint density at radius 2 is 2.18 bits per heavy atom. The van der Waals surface area contributed by atoms with Crippen molar-refractivity contribution in [2.45, 2.75) is 18.5 Å². The van der Waals surface area contributed by atoms with Crippen LogP contribution in [0, 0.1) is 0 Å². The van der Waals surface area contributed by atoms with Crippen LogP contribution in [0.5, 0.6) is 0 Å². The number of carboxylic acids is 1. The third-order valence-electron chi connectivity index (χ3n) is 3.15. The van der Waals surface area contributed by atoms with Crippen LogP contribution in [0.3, 0.4) is 0 Å². The molecule has 2 atom stereocenters. The van der Waals surface area contributed by atoms with Gasteiger partial charge in [0.1, 0.15) is 6.04 Å². The predicted molar refractivity (Wildman–Crippen MR) is 58.2 cm³/mol. The van der Waals surface area contributed by atoms with E-state index in [0.717, 1.165) is 0 Å². The number of carboxylic acid groups (broad SMARTS) is 1. The fourth-order valence-electron chi connectivity index (χ4n) is 2.21. The second kappa shape index (κ2) is 4.26. The Balaban J connectivity index is 2.09. The Labute approximate surface area is 98.7 Å². The molecule has 2 fully saturated rings. The van der Waals surface area contributed by atoms with Crippen LogP contribution in [-0.2, 0) is 19.4 Å². The lowest BCUT2D eigenvalue weighted by Gasteiger charge is -2.35. The van der Waals surface area contributed by atoms with Gasteiger partial charge in [-0.15, -0.1) is 0 Å².